The van der Waals surface area contributed by atoms with E-state index in [0.717, 1.165) is 35.4 Å². The van der Waals surface area contributed by atoms with Crippen molar-refractivity contribution in [2.24, 2.45) is 0 Å². The molecule has 0 aliphatic carbocycles. The number of carboxylic acid groups (broad SMARTS) is 1. The highest BCUT2D eigenvalue weighted by molar-refractivity contribution is 8.03. The number of fused-ring (bicyclic) bond motifs is 1. The van der Waals surface area contributed by atoms with Crippen LogP contribution in [0.2, 0.25) is 5.02 Å². The van der Waals surface area contributed by atoms with Gasteiger partial charge in [-0.2, -0.15) is 0 Å². The number of ether oxygens (including phenoxy) is 1. The average Bonchev–Trinajstić information content (AvgIpc) is 3.29. The molecule has 8 heteroatoms. The molecule has 3 aromatic carbocycles. The molecule has 33 heavy (non-hydrogen) atoms. The molecule has 4 aromatic rings. The summed E-state index contributed by atoms with van der Waals surface area (Å²) < 4.78 is 11.7. The van der Waals surface area contributed by atoms with Gasteiger partial charge < -0.3 is 14.3 Å². The maximum absolute atomic E-state index is 12.1. The maximum Gasteiger partial charge on any atom is 0.342 e. The van der Waals surface area contributed by atoms with Gasteiger partial charge in [-0.3, -0.25) is 0 Å². The van der Waals surface area contributed by atoms with E-state index in [-0.39, 0.29) is 16.0 Å². The summed E-state index contributed by atoms with van der Waals surface area (Å²) in [6, 6.07) is 18.6. The van der Waals surface area contributed by atoms with E-state index in [9.17, 15) is 9.90 Å². The topological polar surface area (TPSA) is 85.5 Å². The molecule has 4 rings (SSSR count). The Kier molecular flexibility index (Phi) is 7.32. The third-order valence-corrected chi connectivity index (χ3v) is 5.97. The Labute approximate surface area is 200 Å². The van der Waals surface area contributed by atoms with E-state index in [2.05, 4.69) is 17.1 Å². The molecule has 0 amide bonds. The van der Waals surface area contributed by atoms with Crippen LogP contribution < -0.4 is 4.74 Å². The van der Waals surface area contributed by atoms with E-state index in [4.69, 9.17) is 20.8 Å². The van der Waals surface area contributed by atoms with Crippen LogP contribution in [0.3, 0.4) is 0 Å². The normalized spacial score (nSPS) is 11.6. The van der Waals surface area contributed by atoms with Crippen molar-refractivity contribution < 1.29 is 19.1 Å². The molecule has 0 saturated heterocycles. The van der Waals surface area contributed by atoms with Crippen molar-refractivity contribution in [1.29, 1.82) is 0 Å². The van der Waals surface area contributed by atoms with Gasteiger partial charge in [0.1, 0.15) is 10.7 Å². The molecule has 1 N–H and O–H groups in total. The predicted molar refractivity (Wildman–Crippen MR) is 131 cm³/mol. The summed E-state index contributed by atoms with van der Waals surface area (Å²) in [6.45, 7) is 2.64. The SMILES string of the molecule is CCCCOc1ccc2ccccc2c1/C=C(\Sc1nnc(-c2ccc(Cl)cc2)o1)C(=O)O. The lowest BCUT2D eigenvalue weighted by Gasteiger charge is -2.12. The van der Waals surface area contributed by atoms with Crippen LogP contribution in [-0.4, -0.2) is 27.9 Å². The molecule has 0 aliphatic heterocycles. The number of aliphatic carboxylic acids is 1. The molecule has 0 atom stereocenters. The zero-order valence-electron chi connectivity index (χ0n) is 17.8. The molecule has 0 aliphatic rings. The van der Waals surface area contributed by atoms with Crippen molar-refractivity contribution in [2.75, 3.05) is 6.61 Å². The van der Waals surface area contributed by atoms with Crippen LogP contribution in [0.25, 0.3) is 28.3 Å². The molecule has 1 heterocycles. The van der Waals surface area contributed by atoms with Crippen molar-refractivity contribution in [1.82, 2.24) is 10.2 Å². The number of benzene rings is 3. The highest BCUT2D eigenvalue weighted by Crippen LogP contribution is 2.35. The van der Waals surface area contributed by atoms with Gasteiger partial charge in [-0.25, -0.2) is 4.79 Å². The van der Waals surface area contributed by atoms with E-state index in [1.807, 2.05) is 36.4 Å². The number of aromatic nitrogens is 2. The van der Waals surface area contributed by atoms with Crippen molar-refractivity contribution in [3.05, 3.63) is 76.2 Å². The maximum atomic E-state index is 12.1. The van der Waals surface area contributed by atoms with Crippen LogP contribution in [-0.2, 0) is 4.79 Å². The monoisotopic (exact) mass is 480 g/mol. The number of unbranched alkanes of at least 4 members (excludes halogenated alkanes) is 1. The second kappa shape index (κ2) is 10.6. The zero-order valence-corrected chi connectivity index (χ0v) is 19.4. The second-order valence-corrected chi connectivity index (χ2v) is 8.63. The van der Waals surface area contributed by atoms with E-state index in [1.165, 1.54) is 0 Å². The summed E-state index contributed by atoms with van der Waals surface area (Å²) in [7, 11) is 0. The van der Waals surface area contributed by atoms with Gasteiger partial charge in [-0.1, -0.05) is 55.3 Å². The first-order valence-electron chi connectivity index (χ1n) is 10.4. The van der Waals surface area contributed by atoms with Gasteiger partial charge in [-0.05, 0) is 65.4 Å². The van der Waals surface area contributed by atoms with E-state index in [1.54, 1.807) is 30.3 Å². The minimum Gasteiger partial charge on any atom is -0.493 e. The first-order valence-corrected chi connectivity index (χ1v) is 11.6. The highest BCUT2D eigenvalue weighted by Gasteiger charge is 2.18. The number of carboxylic acids is 1. The third kappa shape index (κ3) is 5.56. The van der Waals surface area contributed by atoms with E-state index < -0.39 is 5.97 Å². The van der Waals surface area contributed by atoms with Crippen LogP contribution in [0.5, 0.6) is 5.75 Å². The lowest BCUT2D eigenvalue weighted by Crippen LogP contribution is -2.01. The smallest absolute Gasteiger partial charge is 0.342 e. The van der Waals surface area contributed by atoms with Gasteiger partial charge >= 0.3 is 5.97 Å². The van der Waals surface area contributed by atoms with Gasteiger partial charge in [0.15, 0.2) is 0 Å². The van der Waals surface area contributed by atoms with Crippen molar-refractivity contribution in [2.45, 2.75) is 25.0 Å². The highest BCUT2D eigenvalue weighted by atomic mass is 35.5. The summed E-state index contributed by atoms with van der Waals surface area (Å²) in [5.41, 5.74) is 1.40. The molecule has 168 valence electrons. The van der Waals surface area contributed by atoms with Gasteiger partial charge in [0.25, 0.3) is 5.22 Å². The fraction of sp³-hybridized carbons (Fsp3) is 0.160. The number of carbonyl (C=O) groups is 1. The number of halogens is 1. The standard InChI is InChI=1S/C25H21ClN2O4S/c1-2-3-14-31-21-13-10-16-6-4-5-7-19(16)20(21)15-22(24(29)30)33-25-28-27-23(32-25)17-8-11-18(26)12-9-17/h4-13,15H,2-3,14H2,1H3,(H,29,30)/b22-15-. The molecule has 0 fully saturated rings. The second-order valence-electron chi connectivity index (χ2n) is 7.20. The minimum atomic E-state index is -1.10. The van der Waals surface area contributed by atoms with E-state index in [0.29, 0.717) is 28.5 Å². The first-order chi connectivity index (χ1) is 16.0. The Morgan fingerprint density at radius 3 is 2.67 bits per heavy atom. The summed E-state index contributed by atoms with van der Waals surface area (Å²) in [5, 5.41) is 20.5. The summed E-state index contributed by atoms with van der Waals surface area (Å²) in [6.07, 6.45) is 3.51. The lowest BCUT2D eigenvalue weighted by atomic mass is 10.0. The summed E-state index contributed by atoms with van der Waals surface area (Å²) in [5.74, 6) is -0.180. The van der Waals surface area contributed by atoms with Gasteiger partial charge in [0.2, 0.25) is 5.89 Å². The molecule has 0 bridgehead atoms. The molecule has 0 radical (unpaired) electrons. The van der Waals surface area contributed by atoms with E-state index >= 15 is 0 Å². The Morgan fingerprint density at radius 2 is 1.91 bits per heavy atom. The Morgan fingerprint density at radius 1 is 1.12 bits per heavy atom. The van der Waals surface area contributed by atoms with Crippen molar-refractivity contribution in [3.8, 4) is 17.2 Å². The number of hydrogen-bond donors (Lipinski definition) is 1. The number of nitrogens with zero attached hydrogens (tertiary/aromatic N) is 2. The fourth-order valence-electron chi connectivity index (χ4n) is 3.20. The van der Waals surface area contributed by atoms with Crippen LogP contribution in [0.1, 0.15) is 25.3 Å². The lowest BCUT2D eigenvalue weighted by molar-refractivity contribution is -0.131. The van der Waals surface area contributed by atoms with Crippen LogP contribution in [0.15, 0.2) is 75.2 Å². The quantitative estimate of drug-likeness (QED) is 0.158. The van der Waals surface area contributed by atoms with Crippen LogP contribution >= 0.6 is 23.4 Å². The first kappa shape index (κ1) is 22.9. The fourth-order valence-corrected chi connectivity index (χ4v) is 3.98. The average molecular weight is 481 g/mol. The number of rotatable bonds is 9. The Hall–Kier alpha value is -3.29. The molecular formula is C25H21ClN2O4S. The molecule has 6 nitrogen and oxygen atoms in total. The largest absolute Gasteiger partial charge is 0.493 e. The van der Waals surface area contributed by atoms with Gasteiger partial charge in [0, 0.05) is 16.1 Å². The van der Waals surface area contributed by atoms with Crippen molar-refractivity contribution >= 4 is 46.2 Å². The minimum absolute atomic E-state index is 0.0398. The molecular weight excluding hydrogens is 460 g/mol. The summed E-state index contributed by atoms with van der Waals surface area (Å²) >= 11 is 6.82. The van der Waals surface area contributed by atoms with Gasteiger partial charge in [-0.15, -0.1) is 10.2 Å². The predicted octanol–water partition coefficient (Wildman–Crippen LogP) is 6.94. The van der Waals surface area contributed by atoms with Crippen molar-refractivity contribution in [3.63, 3.8) is 0 Å². The molecule has 0 saturated carbocycles. The third-order valence-electron chi connectivity index (χ3n) is 4.87. The molecule has 1 aromatic heterocycles. The van der Waals surface area contributed by atoms with Crippen LogP contribution in [0, 0.1) is 0 Å². The number of hydrogen-bond acceptors (Lipinski definition) is 6. The molecule has 0 spiro atoms. The zero-order chi connectivity index (χ0) is 23.2. The Balaban J connectivity index is 1.69. The number of thioether (sulfide) groups is 1. The Bertz CT molecular complexity index is 1300. The van der Waals surface area contributed by atoms with Crippen LogP contribution in [0.4, 0.5) is 0 Å². The van der Waals surface area contributed by atoms with Gasteiger partial charge in [0.05, 0.1) is 6.61 Å². The summed E-state index contributed by atoms with van der Waals surface area (Å²) in [4.78, 5) is 12.1. The molecule has 0 unspecified atom stereocenters.